The topological polar surface area (TPSA) is 147 Å². The summed E-state index contributed by atoms with van der Waals surface area (Å²) in [4.78, 5) is 0. The summed E-state index contributed by atoms with van der Waals surface area (Å²) in [5.41, 5.74) is 0.395. The smallest absolute Gasteiger partial charge is 0.203 e. The van der Waals surface area contributed by atoms with E-state index in [1.54, 1.807) is 12.1 Å². The number of aliphatic hydroxyl groups excluding tert-OH is 5. The molecule has 0 aliphatic carbocycles. The number of aliphatic hydroxyl groups is 5. The predicted octanol–water partition coefficient (Wildman–Crippen LogP) is -1.05. The quantitative estimate of drug-likeness (QED) is 0.364. The van der Waals surface area contributed by atoms with Gasteiger partial charge in [0.1, 0.15) is 30.5 Å². The van der Waals surface area contributed by atoms with Crippen molar-refractivity contribution >= 4 is 0 Å². The van der Waals surface area contributed by atoms with Crippen LogP contribution < -0.4 is 14.2 Å². The van der Waals surface area contributed by atoms with Crippen molar-refractivity contribution in [2.75, 3.05) is 27.9 Å². The maximum atomic E-state index is 10.7. The van der Waals surface area contributed by atoms with Gasteiger partial charge >= 0.3 is 0 Å². The van der Waals surface area contributed by atoms with Gasteiger partial charge in [-0.05, 0) is 24.6 Å². The molecule has 5 N–H and O–H groups in total. The zero-order chi connectivity index (χ0) is 21.0. The minimum atomic E-state index is -1.57. The second-order valence-corrected chi connectivity index (χ2v) is 6.44. The summed E-state index contributed by atoms with van der Waals surface area (Å²) in [6, 6.07) is 3.11. The number of hydrogen-bond donors (Lipinski definition) is 5. The molecule has 0 spiro atoms. The molecule has 0 unspecified atom stereocenters. The van der Waals surface area contributed by atoms with Crippen LogP contribution in [0.3, 0.4) is 0 Å². The van der Waals surface area contributed by atoms with Crippen LogP contribution in [-0.4, -0.2) is 90.3 Å². The van der Waals surface area contributed by atoms with Crippen LogP contribution >= 0.6 is 0 Å². The third-order valence-corrected chi connectivity index (χ3v) is 4.67. The van der Waals surface area contributed by atoms with E-state index in [1.807, 2.05) is 0 Å². The number of benzene rings is 1. The Bertz CT molecular complexity index is 612. The van der Waals surface area contributed by atoms with Crippen LogP contribution in [0.1, 0.15) is 18.6 Å². The van der Waals surface area contributed by atoms with E-state index in [2.05, 4.69) is 0 Å². The molecular weight excluding hydrogens is 376 g/mol. The van der Waals surface area contributed by atoms with Crippen molar-refractivity contribution in [3.63, 3.8) is 0 Å². The van der Waals surface area contributed by atoms with Crippen molar-refractivity contribution < 1.29 is 49.2 Å². The van der Waals surface area contributed by atoms with Gasteiger partial charge in [-0.3, -0.25) is 0 Å². The molecule has 1 aromatic carbocycles. The van der Waals surface area contributed by atoms with Gasteiger partial charge in [0.2, 0.25) is 5.75 Å². The fraction of sp³-hybridized carbons (Fsp3) is 0.667. The molecule has 0 saturated carbocycles. The molecule has 0 amide bonds. The molecule has 0 bridgehead atoms. The average molecular weight is 404 g/mol. The van der Waals surface area contributed by atoms with Crippen molar-refractivity contribution in [2.24, 2.45) is 0 Å². The first-order valence-electron chi connectivity index (χ1n) is 8.72. The van der Waals surface area contributed by atoms with E-state index < -0.39 is 49.5 Å². The summed E-state index contributed by atoms with van der Waals surface area (Å²) >= 11 is 0. The lowest BCUT2D eigenvalue weighted by molar-refractivity contribution is -0.315. The Morgan fingerprint density at radius 3 is 2.00 bits per heavy atom. The first kappa shape index (κ1) is 22.6. The molecule has 28 heavy (non-hydrogen) atoms. The summed E-state index contributed by atoms with van der Waals surface area (Å²) < 4.78 is 26.6. The largest absolute Gasteiger partial charge is 0.493 e. The van der Waals surface area contributed by atoms with Crippen LogP contribution in [0.15, 0.2) is 12.1 Å². The van der Waals surface area contributed by atoms with Gasteiger partial charge in [0.25, 0.3) is 0 Å². The molecule has 2 rings (SSSR count). The molecule has 10 nitrogen and oxygen atoms in total. The molecule has 160 valence electrons. The lowest BCUT2D eigenvalue weighted by Gasteiger charge is -2.41. The van der Waals surface area contributed by atoms with Gasteiger partial charge in [0, 0.05) is 0 Å². The van der Waals surface area contributed by atoms with Crippen LogP contribution in [0.4, 0.5) is 0 Å². The molecule has 1 fully saturated rings. The fourth-order valence-electron chi connectivity index (χ4n) is 3.01. The summed E-state index contributed by atoms with van der Waals surface area (Å²) in [6.45, 7) is 0.962. The van der Waals surface area contributed by atoms with Gasteiger partial charge in [-0.2, -0.15) is 0 Å². The molecule has 0 aromatic heterocycles. The van der Waals surface area contributed by atoms with Crippen LogP contribution in [-0.2, 0) is 9.47 Å². The van der Waals surface area contributed by atoms with E-state index in [1.165, 1.54) is 28.3 Å². The molecule has 1 heterocycles. The molecule has 1 aliphatic rings. The molecule has 0 radical (unpaired) electrons. The van der Waals surface area contributed by atoms with Gasteiger partial charge in [0.05, 0.1) is 34.0 Å². The van der Waals surface area contributed by atoms with E-state index in [0.717, 1.165) is 0 Å². The highest BCUT2D eigenvalue weighted by Gasteiger charge is 2.45. The Kier molecular flexibility index (Phi) is 7.84. The first-order valence-corrected chi connectivity index (χ1v) is 8.72. The number of hydrogen-bond acceptors (Lipinski definition) is 10. The van der Waals surface area contributed by atoms with Crippen molar-refractivity contribution in [3.05, 3.63) is 17.7 Å². The SMILES string of the molecule is COc1cc([C@@H](O)[C@@H](C)O[C@@H]2O[C@H](CO)[C@@H](O)[C@H](O)[C@H]2O)cc(OC)c1OC. The Hall–Kier alpha value is -1.66. The summed E-state index contributed by atoms with van der Waals surface area (Å²) in [6.07, 6.45) is -9.16. The van der Waals surface area contributed by atoms with E-state index in [9.17, 15) is 25.5 Å². The van der Waals surface area contributed by atoms with Crippen LogP contribution in [0.5, 0.6) is 17.2 Å². The minimum absolute atomic E-state index is 0.343. The molecule has 1 aliphatic heterocycles. The van der Waals surface area contributed by atoms with Crippen molar-refractivity contribution in [3.8, 4) is 17.2 Å². The van der Waals surface area contributed by atoms with Crippen LogP contribution in [0.2, 0.25) is 0 Å². The van der Waals surface area contributed by atoms with Gasteiger partial charge in [-0.15, -0.1) is 0 Å². The maximum absolute atomic E-state index is 10.7. The highest BCUT2D eigenvalue weighted by Crippen LogP contribution is 2.40. The van der Waals surface area contributed by atoms with E-state index >= 15 is 0 Å². The summed E-state index contributed by atoms with van der Waals surface area (Å²) in [7, 11) is 4.35. The van der Waals surface area contributed by atoms with Gasteiger partial charge < -0.3 is 49.2 Å². The predicted molar refractivity (Wildman–Crippen MR) is 95.4 cm³/mol. The monoisotopic (exact) mass is 404 g/mol. The van der Waals surface area contributed by atoms with E-state index in [-0.39, 0.29) is 0 Å². The Morgan fingerprint density at radius 2 is 1.54 bits per heavy atom. The molecule has 7 atom stereocenters. The second kappa shape index (κ2) is 9.70. The molecule has 1 aromatic rings. The van der Waals surface area contributed by atoms with E-state index in [4.69, 9.17) is 23.7 Å². The number of methoxy groups -OCH3 is 3. The molecular formula is C18H28O10. The number of rotatable bonds is 8. The third kappa shape index (κ3) is 4.49. The minimum Gasteiger partial charge on any atom is -0.493 e. The Labute approximate surface area is 162 Å². The third-order valence-electron chi connectivity index (χ3n) is 4.67. The lowest BCUT2D eigenvalue weighted by atomic mass is 9.99. The van der Waals surface area contributed by atoms with Gasteiger partial charge in [-0.1, -0.05) is 0 Å². The Balaban J connectivity index is 2.19. The fourth-order valence-corrected chi connectivity index (χ4v) is 3.01. The van der Waals surface area contributed by atoms with Crippen LogP contribution in [0, 0.1) is 0 Å². The van der Waals surface area contributed by atoms with Crippen molar-refractivity contribution in [1.82, 2.24) is 0 Å². The first-order chi connectivity index (χ1) is 13.3. The molecule has 10 heteroatoms. The molecule has 1 saturated heterocycles. The van der Waals surface area contributed by atoms with Gasteiger partial charge in [0.15, 0.2) is 17.8 Å². The number of ether oxygens (including phenoxy) is 5. The standard InChI is InChI=1S/C18H28O10/c1-8(27-18-16(23)15(22)14(21)12(7-19)28-18)13(20)9-5-10(24-2)17(26-4)11(6-9)25-3/h5-6,8,12-16,18-23H,7H2,1-4H3/t8-,12-,13+,14-,15+,16-,18-/m1/s1. The zero-order valence-electron chi connectivity index (χ0n) is 16.2. The zero-order valence-corrected chi connectivity index (χ0v) is 16.2. The van der Waals surface area contributed by atoms with Crippen LogP contribution in [0.25, 0.3) is 0 Å². The maximum Gasteiger partial charge on any atom is 0.203 e. The van der Waals surface area contributed by atoms with Crippen molar-refractivity contribution in [2.45, 2.75) is 49.8 Å². The Morgan fingerprint density at radius 1 is 0.964 bits per heavy atom. The second-order valence-electron chi connectivity index (χ2n) is 6.44. The highest BCUT2D eigenvalue weighted by molar-refractivity contribution is 5.54. The highest BCUT2D eigenvalue weighted by atomic mass is 16.7. The summed E-state index contributed by atoms with van der Waals surface area (Å²) in [5.74, 6) is 1.05. The van der Waals surface area contributed by atoms with Gasteiger partial charge in [-0.25, -0.2) is 0 Å². The lowest BCUT2D eigenvalue weighted by Crippen LogP contribution is -2.59. The van der Waals surface area contributed by atoms with Crippen molar-refractivity contribution in [1.29, 1.82) is 0 Å². The van der Waals surface area contributed by atoms with E-state index in [0.29, 0.717) is 22.8 Å². The average Bonchev–Trinajstić information content (AvgIpc) is 2.72. The normalized spacial score (nSPS) is 29.8. The summed E-state index contributed by atoms with van der Waals surface area (Å²) in [5, 5.41) is 49.7.